The van der Waals surface area contributed by atoms with Crippen LogP contribution in [0.2, 0.25) is 5.02 Å². The lowest BCUT2D eigenvalue weighted by molar-refractivity contribution is 0.282. The summed E-state index contributed by atoms with van der Waals surface area (Å²) in [5.41, 5.74) is 2.08. The predicted octanol–water partition coefficient (Wildman–Crippen LogP) is 2.82. The number of hydrogen-bond donors (Lipinski definition) is 1. The van der Waals surface area contributed by atoms with Crippen molar-refractivity contribution in [2.24, 2.45) is 0 Å². The number of halogens is 1. The van der Waals surface area contributed by atoms with Gasteiger partial charge in [0.2, 0.25) is 0 Å². The first-order valence-corrected chi connectivity index (χ1v) is 5.83. The van der Waals surface area contributed by atoms with E-state index in [1.165, 1.54) is 19.3 Å². The average Bonchev–Trinajstić information content (AvgIpc) is 2.30. The zero-order chi connectivity index (χ0) is 10.7. The standard InChI is InChI=1S/C12H16ClNO/c13-11-4-5-12(10(8-11)9-15)14-6-2-1-3-7-14/h4-5,8,15H,1-3,6-7,9H2. The number of hydrogen-bond acceptors (Lipinski definition) is 2. The van der Waals surface area contributed by atoms with Gasteiger partial charge in [-0.3, -0.25) is 0 Å². The summed E-state index contributed by atoms with van der Waals surface area (Å²) in [7, 11) is 0. The van der Waals surface area contributed by atoms with Gasteiger partial charge >= 0.3 is 0 Å². The Balaban J connectivity index is 2.25. The first-order chi connectivity index (χ1) is 7.31. The third kappa shape index (κ3) is 2.44. The van der Waals surface area contributed by atoms with E-state index < -0.39 is 0 Å². The van der Waals surface area contributed by atoms with Gasteiger partial charge in [-0.2, -0.15) is 0 Å². The summed E-state index contributed by atoms with van der Waals surface area (Å²) >= 11 is 5.90. The number of piperidine rings is 1. The maximum atomic E-state index is 9.29. The normalized spacial score (nSPS) is 16.8. The first-order valence-electron chi connectivity index (χ1n) is 5.45. The quantitative estimate of drug-likeness (QED) is 0.837. The fourth-order valence-electron chi connectivity index (χ4n) is 2.12. The monoisotopic (exact) mass is 225 g/mol. The molecule has 82 valence electrons. The van der Waals surface area contributed by atoms with E-state index in [-0.39, 0.29) is 6.61 Å². The van der Waals surface area contributed by atoms with E-state index in [2.05, 4.69) is 4.90 Å². The molecule has 0 aliphatic carbocycles. The van der Waals surface area contributed by atoms with Gasteiger partial charge in [0.25, 0.3) is 0 Å². The maximum Gasteiger partial charge on any atom is 0.0702 e. The van der Waals surface area contributed by atoms with Gasteiger partial charge in [0.05, 0.1) is 6.61 Å². The zero-order valence-electron chi connectivity index (χ0n) is 8.75. The minimum atomic E-state index is 0.0619. The molecule has 1 aromatic carbocycles. The van der Waals surface area contributed by atoms with Gasteiger partial charge < -0.3 is 10.0 Å². The van der Waals surface area contributed by atoms with Crippen LogP contribution in [0.4, 0.5) is 5.69 Å². The smallest absolute Gasteiger partial charge is 0.0702 e. The molecule has 0 aromatic heterocycles. The highest BCUT2D eigenvalue weighted by atomic mass is 35.5. The third-order valence-electron chi connectivity index (χ3n) is 2.91. The molecule has 1 aliphatic heterocycles. The van der Waals surface area contributed by atoms with Crippen molar-refractivity contribution >= 4 is 17.3 Å². The molecular formula is C12H16ClNO. The molecule has 0 atom stereocenters. The third-order valence-corrected chi connectivity index (χ3v) is 3.14. The Morgan fingerprint density at radius 1 is 1.20 bits per heavy atom. The Morgan fingerprint density at radius 3 is 2.60 bits per heavy atom. The molecule has 0 saturated carbocycles. The maximum absolute atomic E-state index is 9.29. The van der Waals surface area contributed by atoms with Gasteiger partial charge in [0.1, 0.15) is 0 Å². The van der Waals surface area contributed by atoms with Crippen molar-refractivity contribution in [1.82, 2.24) is 0 Å². The van der Waals surface area contributed by atoms with Crippen molar-refractivity contribution in [3.63, 3.8) is 0 Å². The van der Waals surface area contributed by atoms with Crippen molar-refractivity contribution in [2.45, 2.75) is 25.9 Å². The molecule has 1 heterocycles. The summed E-state index contributed by atoms with van der Waals surface area (Å²) < 4.78 is 0. The van der Waals surface area contributed by atoms with Crippen LogP contribution in [0.3, 0.4) is 0 Å². The van der Waals surface area contributed by atoms with Crippen LogP contribution in [-0.4, -0.2) is 18.2 Å². The van der Waals surface area contributed by atoms with Crippen molar-refractivity contribution < 1.29 is 5.11 Å². The van der Waals surface area contributed by atoms with E-state index in [1.807, 2.05) is 18.2 Å². The molecule has 0 spiro atoms. The van der Waals surface area contributed by atoms with E-state index in [9.17, 15) is 5.11 Å². The van der Waals surface area contributed by atoms with Gasteiger partial charge in [0.15, 0.2) is 0 Å². The number of aliphatic hydroxyl groups excluding tert-OH is 1. The van der Waals surface area contributed by atoms with Crippen LogP contribution in [0.5, 0.6) is 0 Å². The summed E-state index contributed by atoms with van der Waals surface area (Å²) in [6, 6.07) is 5.76. The molecule has 3 heteroatoms. The number of benzene rings is 1. The summed E-state index contributed by atoms with van der Waals surface area (Å²) in [5.74, 6) is 0. The Labute approximate surface area is 95.5 Å². The van der Waals surface area contributed by atoms with E-state index in [1.54, 1.807) is 0 Å². The molecule has 0 bridgehead atoms. The van der Waals surface area contributed by atoms with Crippen molar-refractivity contribution in [2.75, 3.05) is 18.0 Å². The second kappa shape index (κ2) is 4.86. The molecule has 1 aromatic rings. The van der Waals surface area contributed by atoms with Crippen LogP contribution in [-0.2, 0) is 6.61 Å². The lowest BCUT2D eigenvalue weighted by atomic mass is 10.1. The summed E-state index contributed by atoms with van der Waals surface area (Å²) in [5, 5.41) is 9.98. The van der Waals surface area contributed by atoms with Gasteiger partial charge in [-0.1, -0.05) is 11.6 Å². The fourth-order valence-corrected chi connectivity index (χ4v) is 2.32. The molecule has 1 N–H and O–H groups in total. The topological polar surface area (TPSA) is 23.5 Å². The Morgan fingerprint density at radius 2 is 1.93 bits per heavy atom. The number of anilines is 1. The Hall–Kier alpha value is -0.730. The first kappa shape index (κ1) is 10.8. The van der Waals surface area contributed by atoms with Crippen LogP contribution in [0.15, 0.2) is 18.2 Å². The van der Waals surface area contributed by atoms with Crippen molar-refractivity contribution in [3.05, 3.63) is 28.8 Å². The van der Waals surface area contributed by atoms with E-state index in [0.717, 1.165) is 24.3 Å². The van der Waals surface area contributed by atoms with Crippen molar-refractivity contribution in [3.8, 4) is 0 Å². The average molecular weight is 226 g/mol. The fraction of sp³-hybridized carbons (Fsp3) is 0.500. The predicted molar refractivity (Wildman–Crippen MR) is 63.4 cm³/mol. The van der Waals surface area contributed by atoms with Crippen LogP contribution in [0, 0.1) is 0 Å². The molecule has 1 aliphatic rings. The van der Waals surface area contributed by atoms with Crippen LogP contribution in [0.1, 0.15) is 24.8 Å². The van der Waals surface area contributed by atoms with Gasteiger partial charge in [-0.25, -0.2) is 0 Å². The van der Waals surface area contributed by atoms with Gasteiger partial charge in [-0.15, -0.1) is 0 Å². The molecule has 1 fully saturated rings. The summed E-state index contributed by atoms with van der Waals surface area (Å²) in [4.78, 5) is 2.34. The zero-order valence-corrected chi connectivity index (χ0v) is 9.50. The lowest BCUT2D eigenvalue weighted by Crippen LogP contribution is -2.30. The van der Waals surface area contributed by atoms with Gasteiger partial charge in [0, 0.05) is 29.4 Å². The van der Waals surface area contributed by atoms with Gasteiger partial charge in [-0.05, 0) is 37.5 Å². The molecule has 15 heavy (non-hydrogen) atoms. The number of rotatable bonds is 2. The van der Waals surface area contributed by atoms with Crippen molar-refractivity contribution in [1.29, 1.82) is 0 Å². The molecular weight excluding hydrogens is 210 g/mol. The van der Waals surface area contributed by atoms with E-state index in [4.69, 9.17) is 11.6 Å². The highest BCUT2D eigenvalue weighted by Crippen LogP contribution is 2.26. The highest BCUT2D eigenvalue weighted by molar-refractivity contribution is 6.30. The van der Waals surface area contributed by atoms with Crippen LogP contribution >= 0.6 is 11.6 Å². The molecule has 2 nitrogen and oxygen atoms in total. The largest absolute Gasteiger partial charge is 0.392 e. The molecule has 1 saturated heterocycles. The Kier molecular flexibility index (Phi) is 3.49. The Bertz CT molecular complexity index is 334. The molecule has 0 unspecified atom stereocenters. The van der Waals surface area contributed by atoms with E-state index >= 15 is 0 Å². The number of nitrogens with zero attached hydrogens (tertiary/aromatic N) is 1. The molecule has 0 amide bonds. The van der Waals surface area contributed by atoms with Crippen LogP contribution < -0.4 is 4.90 Å². The highest BCUT2D eigenvalue weighted by Gasteiger charge is 2.13. The van der Waals surface area contributed by atoms with Crippen LogP contribution in [0.25, 0.3) is 0 Å². The lowest BCUT2D eigenvalue weighted by Gasteiger charge is -2.30. The molecule has 2 rings (SSSR count). The van der Waals surface area contributed by atoms with E-state index in [0.29, 0.717) is 5.02 Å². The second-order valence-corrected chi connectivity index (χ2v) is 4.42. The summed E-state index contributed by atoms with van der Waals surface area (Å²) in [6.45, 7) is 2.25. The SMILES string of the molecule is OCc1cc(Cl)ccc1N1CCCCC1. The summed E-state index contributed by atoms with van der Waals surface area (Å²) in [6.07, 6.45) is 3.81. The molecule has 0 radical (unpaired) electrons. The minimum Gasteiger partial charge on any atom is -0.392 e. The number of aliphatic hydroxyl groups is 1. The minimum absolute atomic E-state index is 0.0619. The second-order valence-electron chi connectivity index (χ2n) is 3.98.